The van der Waals surface area contributed by atoms with E-state index < -0.39 is 22.4 Å². The van der Waals surface area contributed by atoms with Crippen molar-refractivity contribution in [2.75, 3.05) is 0 Å². The average molecular weight is 234 g/mol. The van der Waals surface area contributed by atoms with Crippen LogP contribution in [-0.2, 0) is 11.2 Å². The molecule has 0 aliphatic heterocycles. The van der Waals surface area contributed by atoms with Crippen LogP contribution in [0.3, 0.4) is 0 Å². The molecule has 0 spiro atoms. The molecule has 0 atom stereocenters. The number of aryl methyl sites for hydroxylation is 1. The van der Waals surface area contributed by atoms with Crippen molar-refractivity contribution in [1.29, 1.82) is 0 Å². The van der Waals surface area contributed by atoms with Gasteiger partial charge in [-0.05, 0) is 12.0 Å². The van der Waals surface area contributed by atoms with Crippen LogP contribution in [0.25, 0.3) is 0 Å². The minimum absolute atomic E-state index is 0.0891. The molecule has 0 aliphatic carbocycles. The van der Waals surface area contributed by atoms with Gasteiger partial charge >= 0.3 is 5.51 Å². The third-order valence-electron chi connectivity index (χ3n) is 1.69. The lowest BCUT2D eigenvalue weighted by Gasteiger charge is -2.04. The van der Waals surface area contributed by atoms with Gasteiger partial charge in [-0.15, -0.1) is 0 Å². The number of halogens is 3. The molecule has 15 heavy (non-hydrogen) atoms. The average Bonchev–Trinajstić information content (AvgIpc) is 2.14. The predicted octanol–water partition coefficient (Wildman–Crippen LogP) is 3.40. The molecule has 5 heteroatoms. The molecule has 1 aromatic carbocycles. The zero-order chi connectivity index (χ0) is 11.3. The summed E-state index contributed by atoms with van der Waals surface area (Å²) in [5.74, 6) is 0. The van der Waals surface area contributed by atoms with Gasteiger partial charge in [0.1, 0.15) is 0 Å². The number of alkyl halides is 3. The Kier molecular flexibility index (Phi) is 4.20. The highest BCUT2D eigenvalue weighted by atomic mass is 32.2. The highest BCUT2D eigenvalue weighted by molar-refractivity contribution is 8.14. The smallest absolute Gasteiger partial charge is 0.287 e. The van der Waals surface area contributed by atoms with Crippen molar-refractivity contribution in [3.8, 4) is 0 Å². The summed E-state index contributed by atoms with van der Waals surface area (Å²) in [4.78, 5) is 10.9. The topological polar surface area (TPSA) is 17.1 Å². The minimum Gasteiger partial charge on any atom is -0.287 e. The summed E-state index contributed by atoms with van der Waals surface area (Å²) in [5, 5.41) is -0.841. The first kappa shape index (κ1) is 12.1. The normalized spacial score (nSPS) is 11.4. The summed E-state index contributed by atoms with van der Waals surface area (Å²) in [6.45, 7) is 0. The second-order valence-corrected chi connectivity index (χ2v) is 4.03. The lowest BCUT2D eigenvalue weighted by molar-refractivity contribution is -0.112. The number of hydrogen-bond acceptors (Lipinski definition) is 2. The maximum Gasteiger partial charge on any atom is 0.449 e. The van der Waals surface area contributed by atoms with E-state index in [1.807, 2.05) is 6.07 Å². The fourth-order valence-electron chi connectivity index (χ4n) is 1.07. The molecule has 0 saturated heterocycles. The number of benzene rings is 1. The first-order chi connectivity index (χ1) is 6.97. The van der Waals surface area contributed by atoms with E-state index in [0.29, 0.717) is 6.42 Å². The van der Waals surface area contributed by atoms with Crippen LogP contribution < -0.4 is 0 Å². The molecule has 1 nitrogen and oxygen atoms in total. The van der Waals surface area contributed by atoms with Crippen LogP contribution in [-0.4, -0.2) is 10.6 Å². The zero-order valence-corrected chi connectivity index (χ0v) is 8.57. The molecule has 0 aromatic heterocycles. The Hall–Kier alpha value is -0.970. The van der Waals surface area contributed by atoms with Crippen molar-refractivity contribution >= 4 is 16.9 Å². The van der Waals surface area contributed by atoms with E-state index in [1.165, 1.54) is 0 Å². The molecule has 0 fully saturated rings. The van der Waals surface area contributed by atoms with Gasteiger partial charge in [-0.25, -0.2) is 0 Å². The van der Waals surface area contributed by atoms with Crippen molar-refractivity contribution in [3.05, 3.63) is 35.9 Å². The number of carbonyl (C=O) groups excluding carboxylic acids is 1. The molecule has 0 aliphatic rings. The molecule has 0 unspecified atom stereocenters. The van der Waals surface area contributed by atoms with Gasteiger partial charge in [-0.1, -0.05) is 30.3 Å². The summed E-state index contributed by atoms with van der Waals surface area (Å²) >= 11 is -0.563. The van der Waals surface area contributed by atoms with Crippen molar-refractivity contribution in [2.24, 2.45) is 0 Å². The quantitative estimate of drug-likeness (QED) is 0.797. The van der Waals surface area contributed by atoms with Crippen LogP contribution in [0.5, 0.6) is 0 Å². The van der Waals surface area contributed by atoms with E-state index >= 15 is 0 Å². The van der Waals surface area contributed by atoms with E-state index in [1.54, 1.807) is 24.3 Å². The van der Waals surface area contributed by atoms with E-state index in [2.05, 4.69) is 0 Å². The van der Waals surface area contributed by atoms with E-state index in [9.17, 15) is 18.0 Å². The highest BCUT2D eigenvalue weighted by Crippen LogP contribution is 2.31. The van der Waals surface area contributed by atoms with E-state index in [0.717, 1.165) is 5.56 Å². The Morgan fingerprint density at radius 1 is 1.20 bits per heavy atom. The molecule has 0 radical (unpaired) electrons. The van der Waals surface area contributed by atoms with Crippen LogP contribution in [0.1, 0.15) is 12.0 Å². The summed E-state index contributed by atoms with van der Waals surface area (Å²) in [6, 6.07) is 8.96. The molecule has 0 amide bonds. The fourth-order valence-corrected chi connectivity index (χ4v) is 1.53. The molecule has 82 valence electrons. The van der Waals surface area contributed by atoms with Crippen LogP contribution in [0.2, 0.25) is 0 Å². The maximum atomic E-state index is 11.8. The Labute approximate surface area is 89.7 Å². The third kappa shape index (κ3) is 5.47. The Balaban J connectivity index is 2.35. The van der Waals surface area contributed by atoms with Crippen LogP contribution in [0, 0.1) is 0 Å². The molecule has 0 bridgehead atoms. The van der Waals surface area contributed by atoms with Gasteiger partial charge in [0.15, 0.2) is 5.12 Å². The number of rotatable bonds is 3. The second kappa shape index (κ2) is 5.21. The lowest BCUT2D eigenvalue weighted by atomic mass is 10.1. The standard InChI is InChI=1S/C10H9F3OS/c11-10(12,13)15-9(14)7-6-8-4-2-1-3-5-8/h1-5H,6-7H2. The zero-order valence-electron chi connectivity index (χ0n) is 7.75. The van der Waals surface area contributed by atoms with Gasteiger partial charge in [0.05, 0.1) is 0 Å². The van der Waals surface area contributed by atoms with Crippen molar-refractivity contribution < 1.29 is 18.0 Å². The maximum absolute atomic E-state index is 11.8. The highest BCUT2D eigenvalue weighted by Gasteiger charge is 2.32. The molecule has 1 rings (SSSR count). The van der Waals surface area contributed by atoms with Crippen LogP contribution >= 0.6 is 11.8 Å². The van der Waals surface area contributed by atoms with E-state index in [-0.39, 0.29) is 6.42 Å². The predicted molar refractivity (Wildman–Crippen MR) is 53.4 cm³/mol. The first-order valence-electron chi connectivity index (χ1n) is 4.30. The largest absolute Gasteiger partial charge is 0.449 e. The molecular weight excluding hydrogens is 225 g/mol. The van der Waals surface area contributed by atoms with Gasteiger partial charge in [0.2, 0.25) is 0 Å². The Morgan fingerprint density at radius 2 is 1.80 bits per heavy atom. The minimum atomic E-state index is -4.46. The molecule has 0 heterocycles. The SMILES string of the molecule is O=C(CCc1ccccc1)SC(F)(F)F. The van der Waals surface area contributed by atoms with Crippen LogP contribution in [0.15, 0.2) is 30.3 Å². The Morgan fingerprint density at radius 3 is 2.33 bits per heavy atom. The summed E-state index contributed by atoms with van der Waals surface area (Å²) in [6.07, 6.45) is 0.261. The Bertz CT molecular complexity index is 321. The second-order valence-electron chi connectivity index (χ2n) is 2.91. The number of hydrogen-bond donors (Lipinski definition) is 0. The van der Waals surface area contributed by atoms with Crippen molar-refractivity contribution in [3.63, 3.8) is 0 Å². The lowest BCUT2D eigenvalue weighted by Crippen LogP contribution is -2.07. The fraction of sp³-hybridized carbons (Fsp3) is 0.300. The molecule has 0 saturated carbocycles. The van der Waals surface area contributed by atoms with Gasteiger partial charge in [-0.3, -0.25) is 4.79 Å². The monoisotopic (exact) mass is 234 g/mol. The van der Waals surface area contributed by atoms with Crippen LogP contribution in [0.4, 0.5) is 13.2 Å². The molecular formula is C10H9F3OS. The molecule has 0 N–H and O–H groups in total. The van der Waals surface area contributed by atoms with Gasteiger partial charge in [0, 0.05) is 18.2 Å². The summed E-state index contributed by atoms with van der Waals surface area (Å²) < 4.78 is 35.3. The van der Waals surface area contributed by atoms with E-state index in [4.69, 9.17) is 0 Å². The van der Waals surface area contributed by atoms with Gasteiger partial charge < -0.3 is 0 Å². The molecule has 1 aromatic rings. The number of carbonyl (C=O) groups is 1. The number of thioether (sulfide) groups is 1. The third-order valence-corrected chi connectivity index (χ3v) is 2.35. The van der Waals surface area contributed by atoms with Gasteiger partial charge in [-0.2, -0.15) is 13.2 Å². The van der Waals surface area contributed by atoms with Crippen molar-refractivity contribution in [1.82, 2.24) is 0 Å². The summed E-state index contributed by atoms with van der Waals surface area (Å²) in [5.41, 5.74) is -3.60. The van der Waals surface area contributed by atoms with Gasteiger partial charge in [0.25, 0.3) is 0 Å². The first-order valence-corrected chi connectivity index (χ1v) is 5.11. The summed E-state index contributed by atoms with van der Waals surface area (Å²) in [7, 11) is 0. The van der Waals surface area contributed by atoms with Crippen molar-refractivity contribution in [2.45, 2.75) is 18.3 Å².